The molecule has 0 bridgehead atoms. The van der Waals surface area contributed by atoms with Crippen LogP contribution in [0.25, 0.3) is 0 Å². The van der Waals surface area contributed by atoms with Crippen LogP contribution in [0.3, 0.4) is 0 Å². The molecule has 0 heterocycles. The monoisotopic (exact) mass is 199 g/mol. The van der Waals surface area contributed by atoms with Crippen LogP contribution in [-0.2, 0) is 0 Å². The maximum absolute atomic E-state index is 11.9. The SMILES string of the molecule is NC1CC1c1cccc(OC(F)F)c1. The minimum absolute atomic E-state index is 0.178. The molecule has 0 radical (unpaired) electrons. The molecule has 4 heteroatoms. The molecule has 1 aliphatic carbocycles. The molecule has 1 fully saturated rings. The molecule has 0 spiro atoms. The van der Waals surface area contributed by atoms with Gasteiger partial charge in [0.1, 0.15) is 5.75 Å². The second-order valence-corrected chi connectivity index (χ2v) is 3.46. The van der Waals surface area contributed by atoms with Crippen LogP contribution in [0.2, 0.25) is 0 Å². The van der Waals surface area contributed by atoms with E-state index in [9.17, 15) is 8.78 Å². The molecule has 2 unspecified atom stereocenters. The predicted molar refractivity (Wildman–Crippen MR) is 48.4 cm³/mol. The highest BCUT2D eigenvalue weighted by Gasteiger charge is 2.34. The van der Waals surface area contributed by atoms with Crippen molar-refractivity contribution in [3.63, 3.8) is 0 Å². The molecule has 1 aromatic carbocycles. The summed E-state index contributed by atoms with van der Waals surface area (Å²) in [6.07, 6.45) is 0.929. The van der Waals surface area contributed by atoms with E-state index in [0.29, 0.717) is 5.92 Å². The zero-order valence-corrected chi connectivity index (χ0v) is 7.49. The lowest BCUT2D eigenvalue weighted by atomic mass is 10.1. The minimum Gasteiger partial charge on any atom is -0.435 e. The number of rotatable bonds is 3. The van der Waals surface area contributed by atoms with Crippen molar-refractivity contribution in [2.75, 3.05) is 0 Å². The normalized spacial score (nSPS) is 25.1. The van der Waals surface area contributed by atoms with Crippen LogP contribution in [0.15, 0.2) is 24.3 Å². The first-order valence-electron chi connectivity index (χ1n) is 4.47. The van der Waals surface area contributed by atoms with Gasteiger partial charge in [-0.25, -0.2) is 0 Å². The van der Waals surface area contributed by atoms with Crippen molar-refractivity contribution in [1.82, 2.24) is 0 Å². The van der Waals surface area contributed by atoms with Gasteiger partial charge in [0.15, 0.2) is 0 Å². The van der Waals surface area contributed by atoms with Gasteiger partial charge in [-0.15, -0.1) is 0 Å². The molecule has 2 rings (SSSR count). The second kappa shape index (κ2) is 3.53. The summed E-state index contributed by atoms with van der Waals surface area (Å²) in [7, 11) is 0. The summed E-state index contributed by atoms with van der Waals surface area (Å²) in [6.45, 7) is -2.77. The van der Waals surface area contributed by atoms with Gasteiger partial charge < -0.3 is 10.5 Å². The van der Waals surface area contributed by atoms with Crippen molar-refractivity contribution in [1.29, 1.82) is 0 Å². The van der Waals surface area contributed by atoms with Crippen LogP contribution in [0, 0.1) is 0 Å². The van der Waals surface area contributed by atoms with Crippen LogP contribution >= 0.6 is 0 Å². The fourth-order valence-electron chi connectivity index (χ4n) is 1.52. The molecule has 0 aromatic heterocycles. The summed E-state index contributed by atoms with van der Waals surface area (Å²) in [6, 6.07) is 6.91. The molecule has 1 aromatic rings. The Kier molecular flexibility index (Phi) is 2.37. The highest BCUT2D eigenvalue weighted by atomic mass is 19.3. The van der Waals surface area contributed by atoms with Gasteiger partial charge in [-0.2, -0.15) is 8.78 Å². The molecule has 2 nitrogen and oxygen atoms in total. The second-order valence-electron chi connectivity index (χ2n) is 3.46. The molecular weight excluding hydrogens is 188 g/mol. The maximum Gasteiger partial charge on any atom is 0.387 e. The number of alkyl halides is 2. The van der Waals surface area contributed by atoms with Gasteiger partial charge in [-0.3, -0.25) is 0 Å². The van der Waals surface area contributed by atoms with Gasteiger partial charge in [-0.1, -0.05) is 12.1 Å². The first kappa shape index (κ1) is 9.40. The van der Waals surface area contributed by atoms with E-state index in [1.807, 2.05) is 6.07 Å². The van der Waals surface area contributed by atoms with Crippen molar-refractivity contribution in [2.45, 2.75) is 25.0 Å². The zero-order valence-electron chi connectivity index (χ0n) is 7.49. The zero-order chi connectivity index (χ0) is 10.1. The Morgan fingerprint density at radius 1 is 1.43 bits per heavy atom. The van der Waals surface area contributed by atoms with Crippen LogP contribution in [0.4, 0.5) is 8.78 Å². The quantitative estimate of drug-likeness (QED) is 0.809. The van der Waals surface area contributed by atoms with Crippen LogP contribution < -0.4 is 10.5 Å². The van der Waals surface area contributed by atoms with Crippen molar-refractivity contribution in [3.05, 3.63) is 29.8 Å². The predicted octanol–water partition coefficient (Wildman–Crippen LogP) is 2.10. The Morgan fingerprint density at radius 2 is 2.14 bits per heavy atom. The summed E-state index contributed by atoms with van der Waals surface area (Å²) in [5.74, 6) is 0.521. The smallest absolute Gasteiger partial charge is 0.387 e. The largest absolute Gasteiger partial charge is 0.435 e. The van der Waals surface area contributed by atoms with Gasteiger partial charge in [0.2, 0.25) is 0 Å². The summed E-state index contributed by atoms with van der Waals surface area (Å²) in [5.41, 5.74) is 6.64. The summed E-state index contributed by atoms with van der Waals surface area (Å²) < 4.78 is 28.1. The van der Waals surface area contributed by atoms with Gasteiger partial charge in [-0.05, 0) is 24.1 Å². The average Bonchev–Trinajstić information content (AvgIpc) is 2.82. The highest BCUT2D eigenvalue weighted by molar-refractivity contribution is 5.34. The molecule has 76 valence electrons. The number of hydrogen-bond donors (Lipinski definition) is 1. The summed E-state index contributed by atoms with van der Waals surface area (Å²) in [5, 5.41) is 0. The van der Waals surface area contributed by atoms with Gasteiger partial charge in [0.25, 0.3) is 0 Å². The van der Waals surface area contributed by atoms with E-state index in [2.05, 4.69) is 4.74 Å². The van der Waals surface area contributed by atoms with E-state index in [0.717, 1.165) is 12.0 Å². The average molecular weight is 199 g/mol. The first-order valence-corrected chi connectivity index (χ1v) is 4.47. The standard InChI is InChI=1S/C10H11F2NO/c11-10(12)14-7-3-1-2-6(4-7)8-5-9(8)13/h1-4,8-10H,5,13H2. The van der Waals surface area contributed by atoms with Crippen molar-refractivity contribution in [2.24, 2.45) is 5.73 Å². The number of nitrogens with two attached hydrogens (primary N) is 1. The Hall–Kier alpha value is -1.16. The molecule has 2 N–H and O–H groups in total. The van der Waals surface area contributed by atoms with E-state index < -0.39 is 6.61 Å². The molecule has 2 atom stereocenters. The topological polar surface area (TPSA) is 35.2 Å². The minimum atomic E-state index is -2.77. The first-order chi connectivity index (χ1) is 6.66. The Labute approximate surface area is 80.7 Å². The molecular formula is C10H11F2NO. The van der Waals surface area contributed by atoms with E-state index in [-0.39, 0.29) is 11.8 Å². The van der Waals surface area contributed by atoms with Crippen molar-refractivity contribution < 1.29 is 13.5 Å². The number of ether oxygens (including phenoxy) is 1. The van der Waals surface area contributed by atoms with E-state index in [4.69, 9.17) is 5.73 Å². The Bertz CT molecular complexity index is 330. The van der Waals surface area contributed by atoms with Crippen molar-refractivity contribution >= 4 is 0 Å². The van der Waals surface area contributed by atoms with Crippen LogP contribution in [0.1, 0.15) is 17.9 Å². The summed E-state index contributed by atoms with van der Waals surface area (Å²) in [4.78, 5) is 0. The van der Waals surface area contributed by atoms with Gasteiger partial charge in [0, 0.05) is 12.0 Å². The highest BCUT2D eigenvalue weighted by Crippen LogP contribution is 2.39. The number of halogens is 2. The van der Waals surface area contributed by atoms with E-state index in [1.165, 1.54) is 6.07 Å². The molecule has 1 saturated carbocycles. The Morgan fingerprint density at radius 3 is 2.71 bits per heavy atom. The lowest BCUT2D eigenvalue weighted by Gasteiger charge is -2.05. The number of hydrogen-bond acceptors (Lipinski definition) is 2. The van der Waals surface area contributed by atoms with Crippen LogP contribution in [-0.4, -0.2) is 12.7 Å². The molecule has 14 heavy (non-hydrogen) atoms. The van der Waals surface area contributed by atoms with Crippen LogP contribution in [0.5, 0.6) is 5.75 Å². The lowest BCUT2D eigenvalue weighted by Crippen LogP contribution is -2.03. The molecule has 0 aliphatic heterocycles. The fraction of sp³-hybridized carbons (Fsp3) is 0.400. The van der Waals surface area contributed by atoms with Crippen molar-refractivity contribution in [3.8, 4) is 5.75 Å². The van der Waals surface area contributed by atoms with Gasteiger partial charge >= 0.3 is 6.61 Å². The third kappa shape index (κ3) is 2.01. The third-order valence-electron chi connectivity index (χ3n) is 2.35. The summed E-state index contributed by atoms with van der Waals surface area (Å²) >= 11 is 0. The molecule has 0 saturated heterocycles. The lowest BCUT2D eigenvalue weighted by molar-refractivity contribution is -0.0498. The third-order valence-corrected chi connectivity index (χ3v) is 2.35. The fourth-order valence-corrected chi connectivity index (χ4v) is 1.52. The maximum atomic E-state index is 11.9. The van der Waals surface area contributed by atoms with E-state index >= 15 is 0 Å². The molecule has 0 amide bonds. The Balaban J connectivity index is 2.11. The molecule has 1 aliphatic rings. The van der Waals surface area contributed by atoms with Gasteiger partial charge in [0.05, 0.1) is 0 Å². The number of benzene rings is 1. The van der Waals surface area contributed by atoms with E-state index in [1.54, 1.807) is 12.1 Å².